The maximum Gasteiger partial charge on any atom is 0.490 e. The number of carbonyl (C=O) groups is 1. The van der Waals surface area contributed by atoms with E-state index in [2.05, 4.69) is 45.9 Å². The first kappa shape index (κ1) is 21.1. The second-order valence-corrected chi connectivity index (χ2v) is 7.71. The summed E-state index contributed by atoms with van der Waals surface area (Å²) in [6.45, 7) is 4.58. The van der Waals surface area contributed by atoms with Gasteiger partial charge in [0.25, 0.3) is 0 Å². The molecule has 1 N–H and O–H groups in total. The van der Waals surface area contributed by atoms with Crippen molar-refractivity contribution in [3.05, 3.63) is 41.8 Å². The first-order valence-electron chi connectivity index (χ1n) is 10.3. The predicted molar refractivity (Wildman–Crippen MR) is 110 cm³/mol. The maximum atomic E-state index is 10.6. The van der Waals surface area contributed by atoms with E-state index in [0.717, 1.165) is 48.7 Å². The molecule has 0 amide bonds. The Labute approximate surface area is 176 Å². The summed E-state index contributed by atoms with van der Waals surface area (Å²) in [5.74, 6) is -1.88. The van der Waals surface area contributed by atoms with E-state index in [1.165, 1.54) is 36.7 Å². The highest BCUT2D eigenvalue weighted by atomic mass is 19.4. The van der Waals surface area contributed by atoms with Gasteiger partial charge in [-0.2, -0.15) is 13.2 Å². The minimum atomic E-state index is -5.08. The number of fused-ring (bicyclic) bond motifs is 2. The molecule has 2 saturated heterocycles. The molecular formula is C22H23F3N3O3+. The lowest BCUT2D eigenvalue weighted by Gasteiger charge is -2.17. The lowest BCUT2D eigenvalue weighted by molar-refractivity contribution is -0.192. The number of anilines is 1. The second kappa shape index (κ2) is 8.56. The van der Waals surface area contributed by atoms with Crippen LogP contribution < -0.4 is 14.8 Å². The molecule has 0 radical (unpaired) electrons. The van der Waals surface area contributed by atoms with Crippen LogP contribution in [0.5, 0.6) is 0 Å². The SMILES string of the molecule is O=C(O)C(F)(F)F.c1cc2nc3ccc(=[N+]4CCCC4)cc-3oc2cc1N1CCCC1. The van der Waals surface area contributed by atoms with Crippen LogP contribution in [0.25, 0.3) is 22.6 Å². The molecule has 0 atom stereocenters. The fourth-order valence-corrected chi connectivity index (χ4v) is 3.95. The smallest absolute Gasteiger partial charge is 0.475 e. The normalized spacial score (nSPS) is 16.6. The van der Waals surface area contributed by atoms with Crippen LogP contribution in [0.3, 0.4) is 0 Å². The van der Waals surface area contributed by atoms with E-state index in [1.54, 1.807) is 0 Å². The lowest BCUT2D eigenvalue weighted by atomic mass is 10.2. The molecular weight excluding hydrogens is 411 g/mol. The van der Waals surface area contributed by atoms with Crippen molar-refractivity contribution in [2.45, 2.75) is 31.9 Å². The van der Waals surface area contributed by atoms with Crippen LogP contribution in [-0.2, 0) is 4.79 Å². The van der Waals surface area contributed by atoms with E-state index in [0.29, 0.717) is 0 Å². The van der Waals surface area contributed by atoms with Crippen molar-refractivity contribution >= 4 is 22.8 Å². The number of aliphatic carboxylic acids is 1. The van der Waals surface area contributed by atoms with Crippen LogP contribution in [0, 0.1) is 0 Å². The van der Waals surface area contributed by atoms with Crippen molar-refractivity contribution in [2.24, 2.45) is 0 Å². The number of hydrogen-bond acceptors (Lipinski definition) is 4. The van der Waals surface area contributed by atoms with Crippen LogP contribution in [0.4, 0.5) is 18.9 Å². The van der Waals surface area contributed by atoms with E-state index in [1.807, 2.05) is 0 Å². The molecule has 4 aliphatic rings. The third-order valence-electron chi connectivity index (χ3n) is 5.53. The first-order valence-corrected chi connectivity index (χ1v) is 10.3. The third-order valence-corrected chi connectivity index (χ3v) is 5.53. The number of halogens is 3. The van der Waals surface area contributed by atoms with E-state index < -0.39 is 12.1 Å². The Morgan fingerprint density at radius 1 is 1.03 bits per heavy atom. The second-order valence-electron chi connectivity index (χ2n) is 7.71. The van der Waals surface area contributed by atoms with Gasteiger partial charge in [0.15, 0.2) is 11.3 Å². The molecule has 31 heavy (non-hydrogen) atoms. The molecule has 0 aromatic heterocycles. The number of carboxylic acid groups (broad SMARTS) is 1. The summed E-state index contributed by atoms with van der Waals surface area (Å²) in [7, 11) is 0. The summed E-state index contributed by atoms with van der Waals surface area (Å²) in [4.78, 5) is 16.1. The van der Waals surface area contributed by atoms with Crippen LogP contribution >= 0.6 is 0 Å². The van der Waals surface area contributed by atoms with E-state index in [-0.39, 0.29) is 0 Å². The Bertz CT molecular complexity index is 1130. The Hall–Kier alpha value is -3.10. The van der Waals surface area contributed by atoms with Gasteiger partial charge >= 0.3 is 12.1 Å². The number of benzene rings is 2. The summed E-state index contributed by atoms with van der Waals surface area (Å²) >= 11 is 0. The highest BCUT2D eigenvalue weighted by molar-refractivity contribution is 5.80. The standard InChI is InChI=1S/C20H22N3O.C2HF3O2/c1-2-10-22(9-1)15-5-7-17-19(13-15)24-20-14-16(6-8-18(20)21-17)23-11-3-4-12-23;3-2(4,5)1(6)7/h5-8,13-14H,1-4,9-12H2;(H,6,7)/q+1;. The van der Waals surface area contributed by atoms with Gasteiger partial charge in [0.05, 0.1) is 6.07 Å². The van der Waals surface area contributed by atoms with E-state index >= 15 is 0 Å². The molecule has 3 aliphatic heterocycles. The van der Waals surface area contributed by atoms with E-state index in [4.69, 9.17) is 19.3 Å². The quantitative estimate of drug-likeness (QED) is 0.467. The summed E-state index contributed by atoms with van der Waals surface area (Å²) < 4.78 is 40.4. The largest absolute Gasteiger partial charge is 0.490 e. The fourth-order valence-electron chi connectivity index (χ4n) is 3.95. The molecule has 1 aromatic rings. The van der Waals surface area contributed by atoms with Crippen molar-refractivity contribution in [3.63, 3.8) is 0 Å². The Kier molecular flexibility index (Phi) is 5.84. The molecule has 3 heterocycles. The van der Waals surface area contributed by atoms with Gasteiger partial charge in [-0.1, -0.05) is 0 Å². The zero-order chi connectivity index (χ0) is 22.0. The van der Waals surface area contributed by atoms with Crippen molar-refractivity contribution in [1.29, 1.82) is 0 Å². The Balaban J connectivity index is 0.000000289. The third kappa shape index (κ3) is 4.81. The molecule has 0 unspecified atom stereocenters. The number of alkyl halides is 3. The van der Waals surface area contributed by atoms with Gasteiger partial charge in [0.1, 0.15) is 24.3 Å². The van der Waals surface area contributed by atoms with Crippen LogP contribution in [0.15, 0.2) is 40.8 Å². The molecule has 2 fully saturated rings. The van der Waals surface area contributed by atoms with Crippen molar-refractivity contribution in [2.75, 3.05) is 31.1 Å². The van der Waals surface area contributed by atoms with Gasteiger partial charge < -0.3 is 14.4 Å². The summed E-state index contributed by atoms with van der Waals surface area (Å²) in [5, 5.41) is 8.38. The van der Waals surface area contributed by atoms with Gasteiger partial charge in [0, 0.05) is 43.8 Å². The van der Waals surface area contributed by atoms with Gasteiger partial charge in [-0.15, -0.1) is 0 Å². The molecule has 0 bridgehead atoms. The number of hydrogen-bond donors (Lipinski definition) is 1. The van der Waals surface area contributed by atoms with Crippen LogP contribution in [-0.4, -0.2) is 48.4 Å². The van der Waals surface area contributed by atoms with Gasteiger partial charge in [-0.05, 0) is 31.0 Å². The highest BCUT2D eigenvalue weighted by Gasteiger charge is 2.38. The monoisotopic (exact) mass is 434 g/mol. The van der Waals surface area contributed by atoms with Crippen molar-refractivity contribution in [1.82, 2.24) is 9.56 Å². The first-order chi connectivity index (χ1) is 14.8. The molecule has 1 aromatic carbocycles. The zero-order valence-corrected chi connectivity index (χ0v) is 16.9. The Morgan fingerprint density at radius 2 is 1.71 bits per heavy atom. The molecule has 0 spiro atoms. The number of carboxylic acids is 1. The number of aromatic nitrogens is 1. The summed E-state index contributed by atoms with van der Waals surface area (Å²) in [6, 6.07) is 12.8. The van der Waals surface area contributed by atoms with Crippen molar-refractivity contribution in [3.8, 4) is 11.5 Å². The predicted octanol–water partition coefficient (Wildman–Crippen LogP) is 3.73. The fraction of sp³-hybridized carbons (Fsp3) is 0.409. The van der Waals surface area contributed by atoms with Gasteiger partial charge in [-0.3, -0.25) is 0 Å². The topological polar surface area (TPSA) is 69.6 Å². The van der Waals surface area contributed by atoms with Gasteiger partial charge in [0.2, 0.25) is 5.36 Å². The molecule has 6 nitrogen and oxygen atoms in total. The zero-order valence-electron chi connectivity index (χ0n) is 16.9. The lowest BCUT2D eigenvalue weighted by Crippen LogP contribution is -2.26. The van der Waals surface area contributed by atoms with Gasteiger partial charge in [-0.25, -0.2) is 14.4 Å². The Morgan fingerprint density at radius 3 is 2.35 bits per heavy atom. The minimum absolute atomic E-state index is 0.880. The average molecular weight is 434 g/mol. The number of rotatable bonds is 1. The molecule has 164 valence electrons. The molecule has 9 heteroatoms. The van der Waals surface area contributed by atoms with E-state index in [9.17, 15) is 13.2 Å². The summed E-state index contributed by atoms with van der Waals surface area (Å²) in [6.07, 6.45) is 0.0450. The maximum absolute atomic E-state index is 10.6. The molecule has 5 rings (SSSR count). The minimum Gasteiger partial charge on any atom is -0.475 e. The van der Waals surface area contributed by atoms with Crippen molar-refractivity contribution < 1.29 is 27.5 Å². The average Bonchev–Trinajstić information content (AvgIpc) is 3.45. The molecule has 1 aliphatic carbocycles. The van der Waals surface area contributed by atoms with Crippen LogP contribution in [0.2, 0.25) is 0 Å². The molecule has 0 saturated carbocycles. The number of nitrogens with zero attached hydrogens (tertiary/aromatic N) is 3. The van der Waals surface area contributed by atoms with Crippen LogP contribution in [0.1, 0.15) is 25.7 Å². The summed E-state index contributed by atoms with van der Waals surface area (Å²) in [5.41, 5.74) is 3.99. The highest BCUT2D eigenvalue weighted by Crippen LogP contribution is 2.28.